The Kier molecular flexibility index (Phi) is 14.6. The average molecular weight is 721 g/mol. The van der Waals surface area contributed by atoms with Crippen LogP contribution in [-0.4, -0.2) is 53.8 Å². The lowest BCUT2D eigenvalue weighted by atomic mass is 10.0. The predicted molar refractivity (Wildman–Crippen MR) is 183 cm³/mol. The quantitative estimate of drug-likeness (QED) is 0.0779. The fourth-order valence-corrected chi connectivity index (χ4v) is 7.54. The Bertz CT molecular complexity index is 1770. The van der Waals surface area contributed by atoms with Gasteiger partial charge in [-0.15, -0.1) is 0 Å². The zero-order chi connectivity index (χ0) is 35.3. The summed E-state index contributed by atoms with van der Waals surface area (Å²) in [6.45, 7) is 5.36. The van der Waals surface area contributed by atoms with Gasteiger partial charge in [-0.25, -0.2) is 22.7 Å². The molecular formula is C34H41ClN2O9S2. The molecule has 11 nitrogen and oxygen atoms in total. The van der Waals surface area contributed by atoms with E-state index >= 15 is 0 Å². The molecule has 14 heteroatoms. The Morgan fingerprint density at radius 3 is 2.17 bits per heavy atom. The van der Waals surface area contributed by atoms with Gasteiger partial charge in [-0.3, -0.25) is 4.18 Å². The molecule has 0 saturated carbocycles. The Balaban J connectivity index is 1.75. The molecular weight excluding hydrogens is 680 g/mol. The molecule has 3 aromatic carbocycles. The van der Waals surface area contributed by atoms with Crippen molar-refractivity contribution in [2.24, 2.45) is 0 Å². The average Bonchev–Trinajstić information content (AvgIpc) is 3.00. The van der Waals surface area contributed by atoms with Crippen LogP contribution in [0.1, 0.15) is 47.1 Å². The summed E-state index contributed by atoms with van der Waals surface area (Å²) < 4.78 is 70.5. The highest BCUT2D eigenvalue weighted by Crippen LogP contribution is 2.24. The van der Waals surface area contributed by atoms with Crippen molar-refractivity contribution in [3.63, 3.8) is 0 Å². The van der Waals surface area contributed by atoms with Gasteiger partial charge in [0.1, 0.15) is 19.3 Å². The summed E-state index contributed by atoms with van der Waals surface area (Å²) in [6.07, 6.45) is 1.75. The lowest BCUT2D eigenvalue weighted by Gasteiger charge is -2.26. The summed E-state index contributed by atoms with van der Waals surface area (Å²) in [6, 6.07) is 18.3. The third kappa shape index (κ3) is 13.0. The van der Waals surface area contributed by atoms with Crippen LogP contribution in [0.5, 0.6) is 0 Å². The van der Waals surface area contributed by atoms with E-state index in [9.17, 15) is 26.4 Å². The van der Waals surface area contributed by atoms with Crippen molar-refractivity contribution in [2.45, 2.75) is 70.3 Å². The van der Waals surface area contributed by atoms with Gasteiger partial charge < -0.3 is 14.8 Å². The topological polar surface area (TPSA) is 154 Å². The molecule has 2 atom stereocenters. The number of alkyl carbamates (subject to hydrolysis) is 1. The number of unbranched alkanes of at least 4 members (excludes halogenated alkanes) is 1. The fraction of sp³-hybridized carbons (Fsp3) is 0.353. The number of amides is 1. The first-order chi connectivity index (χ1) is 22.6. The number of ether oxygens (including phenoxy) is 2. The Labute approximate surface area is 287 Å². The van der Waals surface area contributed by atoms with Crippen molar-refractivity contribution < 1.29 is 40.1 Å². The Morgan fingerprint density at radius 2 is 1.52 bits per heavy atom. The molecule has 3 aromatic rings. The zero-order valence-electron chi connectivity index (χ0n) is 27.3. The van der Waals surface area contributed by atoms with Crippen molar-refractivity contribution >= 4 is 43.8 Å². The molecule has 0 aliphatic rings. The molecule has 3 rings (SSSR count). The molecule has 0 bridgehead atoms. The van der Waals surface area contributed by atoms with E-state index in [1.165, 1.54) is 6.08 Å². The number of carbonyl (C=O) groups excluding carboxylic acids is 2. The number of halogens is 1. The molecule has 48 heavy (non-hydrogen) atoms. The van der Waals surface area contributed by atoms with Crippen LogP contribution in [0.4, 0.5) is 4.79 Å². The standard InChI is InChI=1S/C34H41ClN2O9S2/c1-24-20-25(2)33(26(3)21-24)48(42,43)37-30(16-10-11-19-36-34(39)45-23-28-14-8-9-15-29(28)35)31(46-47(4,40)41)17-18-32(38)44-22-27-12-6-5-7-13-27/h5-9,12-15,17-18,20-21,30-31,37H,10-11,16,19,22-23H2,1-4H3,(H,36,39)/b18-17+/t30-,31-/m0/s1. The van der Waals surface area contributed by atoms with Crippen LogP contribution >= 0.6 is 11.6 Å². The molecule has 0 radical (unpaired) electrons. The van der Waals surface area contributed by atoms with E-state index in [1.807, 2.05) is 13.0 Å². The van der Waals surface area contributed by atoms with Crippen LogP contribution in [0.25, 0.3) is 0 Å². The predicted octanol–water partition coefficient (Wildman–Crippen LogP) is 5.65. The molecule has 0 aromatic heterocycles. The highest BCUT2D eigenvalue weighted by atomic mass is 35.5. The van der Waals surface area contributed by atoms with E-state index in [0.29, 0.717) is 34.6 Å². The van der Waals surface area contributed by atoms with Crippen molar-refractivity contribution in [3.05, 3.63) is 112 Å². The van der Waals surface area contributed by atoms with Gasteiger partial charge in [0.05, 0.1) is 17.2 Å². The van der Waals surface area contributed by atoms with E-state index in [2.05, 4.69) is 10.0 Å². The maximum atomic E-state index is 13.7. The second-order valence-corrected chi connectivity index (χ2v) is 14.9. The number of benzene rings is 3. The van der Waals surface area contributed by atoms with Crippen molar-refractivity contribution in [1.29, 1.82) is 0 Å². The first-order valence-electron chi connectivity index (χ1n) is 15.2. The Morgan fingerprint density at radius 1 is 0.875 bits per heavy atom. The van der Waals surface area contributed by atoms with Gasteiger partial charge in [-0.2, -0.15) is 8.42 Å². The molecule has 0 unspecified atom stereocenters. The summed E-state index contributed by atoms with van der Waals surface area (Å²) in [7, 11) is -8.31. The molecule has 260 valence electrons. The number of hydrogen-bond acceptors (Lipinski definition) is 9. The van der Waals surface area contributed by atoms with Crippen LogP contribution in [0.2, 0.25) is 5.02 Å². The molecule has 2 N–H and O–H groups in total. The Hall–Kier alpha value is -3.75. The highest BCUT2D eigenvalue weighted by molar-refractivity contribution is 7.89. The number of hydrogen-bond donors (Lipinski definition) is 2. The number of esters is 1. The minimum atomic E-state index is -4.19. The van der Waals surface area contributed by atoms with Gasteiger partial charge in [-0.1, -0.05) is 77.8 Å². The fourth-order valence-electron chi connectivity index (χ4n) is 5.01. The second kappa shape index (κ2) is 18.1. The number of carbonyl (C=O) groups is 2. The summed E-state index contributed by atoms with van der Waals surface area (Å²) >= 11 is 6.10. The van der Waals surface area contributed by atoms with Crippen LogP contribution in [0.15, 0.2) is 83.8 Å². The van der Waals surface area contributed by atoms with Gasteiger partial charge in [0.15, 0.2) is 0 Å². The monoisotopic (exact) mass is 720 g/mol. The first-order valence-corrected chi connectivity index (χ1v) is 18.8. The lowest BCUT2D eigenvalue weighted by Crippen LogP contribution is -2.45. The molecule has 0 spiro atoms. The normalized spacial score (nSPS) is 13.2. The van der Waals surface area contributed by atoms with E-state index in [4.69, 9.17) is 25.3 Å². The number of rotatable bonds is 17. The van der Waals surface area contributed by atoms with Crippen LogP contribution in [-0.2, 0) is 51.8 Å². The summed E-state index contributed by atoms with van der Waals surface area (Å²) in [5, 5.41) is 3.10. The van der Waals surface area contributed by atoms with Gasteiger partial charge in [0.25, 0.3) is 10.1 Å². The van der Waals surface area contributed by atoms with Gasteiger partial charge in [0, 0.05) is 23.2 Å². The molecule has 0 aliphatic heterocycles. The van der Waals surface area contributed by atoms with Gasteiger partial charge >= 0.3 is 12.1 Å². The minimum Gasteiger partial charge on any atom is -0.458 e. The smallest absolute Gasteiger partial charge is 0.407 e. The molecule has 0 fully saturated rings. The summed E-state index contributed by atoms with van der Waals surface area (Å²) in [4.78, 5) is 24.8. The van der Waals surface area contributed by atoms with E-state index in [0.717, 1.165) is 23.5 Å². The van der Waals surface area contributed by atoms with Crippen molar-refractivity contribution in [3.8, 4) is 0 Å². The molecule has 0 heterocycles. The minimum absolute atomic E-state index is 0.0160. The number of sulfonamides is 1. The largest absolute Gasteiger partial charge is 0.458 e. The number of nitrogens with one attached hydrogen (secondary N) is 2. The highest BCUT2D eigenvalue weighted by Gasteiger charge is 2.30. The van der Waals surface area contributed by atoms with Crippen LogP contribution < -0.4 is 10.0 Å². The van der Waals surface area contributed by atoms with Crippen molar-refractivity contribution in [1.82, 2.24) is 10.0 Å². The maximum Gasteiger partial charge on any atom is 0.407 e. The zero-order valence-corrected chi connectivity index (χ0v) is 29.7. The van der Waals surface area contributed by atoms with Crippen LogP contribution in [0.3, 0.4) is 0 Å². The summed E-state index contributed by atoms with van der Waals surface area (Å²) in [5.74, 6) is -0.771. The van der Waals surface area contributed by atoms with Crippen molar-refractivity contribution in [2.75, 3.05) is 12.8 Å². The van der Waals surface area contributed by atoms with E-state index < -0.39 is 44.3 Å². The number of aryl methyl sites for hydroxylation is 3. The van der Waals surface area contributed by atoms with E-state index in [-0.39, 0.29) is 31.1 Å². The SMILES string of the molecule is Cc1cc(C)c(S(=O)(=O)N[C@@H](CCCCNC(=O)OCc2ccccc2Cl)[C@H](/C=C/C(=O)OCc2ccccc2)OS(C)(=O)=O)c(C)c1. The maximum absolute atomic E-state index is 13.7. The van der Waals surface area contributed by atoms with Gasteiger partial charge in [0.2, 0.25) is 10.0 Å². The van der Waals surface area contributed by atoms with Crippen LogP contribution in [0, 0.1) is 20.8 Å². The summed E-state index contributed by atoms with van der Waals surface area (Å²) in [5.41, 5.74) is 3.31. The van der Waals surface area contributed by atoms with E-state index in [1.54, 1.807) is 74.5 Å². The molecule has 1 amide bonds. The third-order valence-corrected chi connectivity index (χ3v) is 9.77. The molecule has 0 saturated heterocycles. The second-order valence-electron chi connectivity index (χ2n) is 11.3. The first kappa shape index (κ1) is 38.7. The van der Waals surface area contributed by atoms with Gasteiger partial charge in [-0.05, 0) is 68.9 Å². The lowest BCUT2D eigenvalue weighted by molar-refractivity contribution is -0.139. The molecule has 0 aliphatic carbocycles. The third-order valence-electron chi connectivity index (χ3n) is 7.04.